The number of dihydropyridines is 2. The van der Waals surface area contributed by atoms with Crippen LogP contribution in [0.25, 0.3) is 5.70 Å². The number of nitrogens with one attached hydrogen (secondary N) is 4. The van der Waals surface area contributed by atoms with Crippen LogP contribution in [-0.2, 0) is 0 Å². The van der Waals surface area contributed by atoms with Gasteiger partial charge in [-0.05, 0) is 47.9 Å². The highest BCUT2D eigenvalue weighted by Gasteiger charge is 2.18. The van der Waals surface area contributed by atoms with Gasteiger partial charge in [0.15, 0.2) is 0 Å². The van der Waals surface area contributed by atoms with Gasteiger partial charge in [0, 0.05) is 53.4 Å². The summed E-state index contributed by atoms with van der Waals surface area (Å²) in [4.78, 5) is 8.51. The highest BCUT2D eigenvalue weighted by molar-refractivity contribution is 5.97. The first kappa shape index (κ1) is 21.5. The molecule has 2 aliphatic rings. The first-order valence-electron chi connectivity index (χ1n) is 9.78. The van der Waals surface area contributed by atoms with E-state index >= 15 is 0 Å². The molecule has 0 atom stereocenters. The Balaban J connectivity index is 1.87. The van der Waals surface area contributed by atoms with Gasteiger partial charge in [0.05, 0.1) is 11.4 Å². The lowest BCUT2D eigenvalue weighted by atomic mass is 9.98. The number of aliphatic imine (C=N–C) groups is 1. The Morgan fingerprint density at radius 2 is 1.97 bits per heavy atom. The molecule has 0 unspecified atom stereocenters. The number of nitrogens with two attached hydrogens (primary N) is 2. The highest BCUT2D eigenvalue weighted by Crippen LogP contribution is 2.25. The zero-order valence-electron chi connectivity index (χ0n) is 17.5. The van der Waals surface area contributed by atoms with Crippen molar-refractivity contribution in [1.29, 1.82) is 10.8 Å². The van der Waals surface area contributed by atoms with Crippen molar-refractivity contribution in [2.75, 3.05) is 0 Å². The second kappa shape index (κ2) is 9.53. The lowest BCUT2D eigenvalue weighted by Crippen LogP contribution is -2.27. The number of amidine groups is 1. The Hall–Kier alpha value is -4.20. The summed E-state index contributed by atoms with van der Waals surface area (Å²) in [7, 11) is 0. The molecule has 0 amide bonds. The van der Waals surface area contributed by atoms with E-state index in [1.165, 1.54) is 12.4 Å². The summed E-state index contributed by atoms with van der Waals surface area (Å²) in [5, 5.41) is 21.8. The molecule has 3 heterocycles. The lowest BCUT2D eigenvalue weighted by molar-refractivity contribution is 0.806. The summed E-state index contributed by atoms with van der Waals surface area (Å²) in [6.45, 7) is 3.99. The normalized spacial score (nSPS) is 17.1. The van der Waals surface area contributed by atoms with Gasteiger partial charge in [-0.1, -0.05) is 13.8 Å². The molecule has 2 aliphatic heterocycles. The third-order valence-corrected chi connectivity index (χ3v) is 4.76. The summed E-state index contributed by atoms with van der Waals surface area (Å²) >= 11 is 0. The fourth-order valence-corrected chi connectivity index (χ4v) is 3.02. The molecule has 0 spiro atoms. The number of aromatic nitrogens is 1. The van der Waals surface area contributed by atoms with Crippen molar-refractivity contribution >= 4 is 24.0 Å². The van der Waals surface area contributed by atoms with Crippen LogP contribution >= 0.6 is 0 Å². The average molecular weight is 415 g/mol. The molecule has 0 radical (unpaired) electrons. The number of hydrogen-bond acceptors (Lipinski definition) is 7. The van der Waals surface area contributed by atoms with Crippen LogP contribution in [0.15, 0.2) is 94.0 Å². The molecule has 8 heteroatoms. The fourth-order valence-electron chi connectivity index (χ4n) is 3.02. The standard InChI is InChI=1S/C23H26N8/c1-14(2)16(10-24)9-21(26)31-22-6-5-19-20(30-22)8-17(13-29-19)18(11-25)23(27)15-4-3-7-28-12-15/h3-14,24-25,29-30H,27H2,1-2H3,(H2,26,31). The Morgan fingerprint density at radius 3 is 2.61 bits per heavy atom. The van der Waals surface area contributed by atoms with Gasteiger partial charge >= 0.3 is 0 Å². The summed E-state index contributed by atoms with van der Waals surface area (Å²) in [6, 6.07) is 3.65. The molecule has 0 aliphatic carbocycles. The number of pyridine rings is 1. The van der Waals surface area contributed by atoms with Crippen molar-refractivity contribution in [2.45, 2.75) is 13.8 Å². The Labute approximate surface area is 181 Å². The molecular formula is C23H26N8. The minimum atomic E-state index is 0.181. The lowest BCUT2D eigenvalue weighted by Gasteiger charge is -2.24. The van der Waals surface area contributed by atoms with Gasteiger partial charge in [-0.15, -0.1) is 0 Å². The minimum absolute atomic E-state index is 0.181. The van der Waals surface area contributed by atoms with E-state index in [1.807, 2.05) is 38.1 Å². The van der Waals surface area contributed by atoms with Crippen LogP contribution in [0.3, 0.4) is 0 Å². The summed E-state index contributed by atoms with van der Waals surface area (Å²) < 4.78 is 0. The SMILES string of the molecule is CC(C)C(C=N)=CC(N)=NC1=CC=C2NC=C(C(C=N)=C(N)c3cccnc3)C=C2N1. The average Bonchev–Trinajstić information content (AvgIpc) is 2.78. The largest absolute Gasteiger partial charge is 0.398 e. The van der Waals surface area contributed by atoms with Crippen LogP contribution in [-0.4, -0.2) is 23.2 Å². The van der Waals surface area contributed by atoms with E-state index in [-0.39, 0.29) is 5.92 Å². The van der Waals surface area contributed by atoms with E-state index in [1.54, 1.807) is 30.7 Å². The maximum absolute atomic E-state index is 7.87. The van der Waals surface area contributed by atoms with Gasteiger partial charge < -0.3 is 32.9 Å². The molecule has 1 aromatic heterocycles. The second-order valence-electron chi connectivity index (χ2n) is 7.25. The third kappa shape index (κ3) is 5.05. The van der Waals surface area contributed by atoms with E-state index in [2.05, 4.69) is 20.6 Å². The van der Waals surface area contributed by atoms with Gasteiger partial charge in [0.2, 0.25) is 0 Å². The van der Waals surface area contributed by atoms with Gasteiger partial charge in [-0.3, -0.25) is 4.98 Å². The smallest absolute Gasteiger partial charge is 0.132 e. The highest BCUT2D eigenvalue weighted by atomic mass is 15.1. The first-order chi connectivity index (χ1) is 14.9. The number of allylic oxidation sites excluding steroid dienone is 6. The quantitative estimate of drug-likeness (QED) is 0.300. The van der Waals surface area contributed by atoms with Gasteiger partial charge in [0.1, 0.15) is 11.7 Å². The van der Waals surface area contributed by atoms with E-state index in [0.29, 0.717) is 22.9 Å². The van der Waals surface area contributed by atoms with Crippen LogP contribution < -0.4 is 22.1 Å². The predicted molar refractivity (Wildman–Crippen MR) is 126 cm³/mol. The number of hydrogen-bond donors (Lipinski definition) is 6. The molecule has 0 fully saturated rings. The Bertz CT molecular complexity index is 1100. The molecule has 0 bridgehead atoms. The topological polar surface area (TPSA) is 149 Å². The molecule has 3 rings (SSSR count). The third-order valence-electron chi connectivity index (χ3n) is 4.76. The molecule has 31 heavy (non-hydrogen) atoms. The number of nitrogens with zero attached hydrogens (tertiary/aromatic N) is 2. The zero-order chi connectivity index (χ0) is 22.4. The number of rotatable bonds is 7. The van der Waals surface area contributed by atoms with Crippen LogP contribution in [0.1, 0.15) is 19.4 Å². The molecule has 0 aromatic carbocycles. The number of fused-ring (bicyclic) bond motifs is 1. The van der Waals surface area contributed by atoms with Gasteiger partial charge in [-0.25, -0.2) is 4.99 Å². The monoisotopic (exact) mass is 414 g/mol. The summed E-state index contributed by atoms with van der Waals surface area (Å²) in [5.74, 6) is 1.06. The van der Waals surface area contributed by atoms with Crippen LogP contribution in [0.5, 0.6) is 0 Å². The van der Waals surface area contributed by atoms with Gasteiger partial charge in [0.25, 0.3) is 0 Å². The van der Waals surface area contributed by atoms with Gasteiger partial charge in [-0.2, -0.15) is 0 Å². The summed E-state index contributed by atoms with van der Waals surface area (Å²) in [6.07, 6.45) is 15.0. The first-order valence-corrected chi connectivity index (χ1v) is 9.78. The van der Waals surface area contributed by atoms with Crippen molar-refractivity contribution in [3.63, 3.8) is 0 Å². The van der Waals surface area contributed by atoms with Crippen molar-refractivity contribution < 1.29 is 0 Å². The zero-order valence-corrected chi connectivity index (χ0v) is 17.5. The van der Waals surface area contributed by atoms with E-state index in [4.69, 9.17) is 22.3 Å². The Morgan fingerprint density at radius 1 is 1.16 bits per heavy atom. The molecule has 1 aromatic rings. The molecule has 8 nitrogen and oxygen atoms in total. The van der Waals surface area contributed by atoms with Crippen molar-refractivity contribution in [1.82, 2.24) is 15.6 Å². The van der Waals surface area contributed by atoms with E-state index < -0.39 is 0 Å². The molecule has 0 saturated carbocycles. The maximum Gasteiger partial charge on any atom is 0.132 e. The second-order valence-corrected chi connectivity index (χ2v) is 7.25. The molecule has 0 saturated heterocycles. The maximum atomic E-state index is 7.87. The van der Waals surface area contributed by atoms with E-state index in [9.17, 15) is 0 Å². The van der Waals surface area contributed by atoms with E-state index in [0.717, 1.165) is 28.1 Å². The molecular weight excluding hydrogens is 388 g/mol. The van der Waals surface area contributed by atoms with Crippen LogP contribution in [0.4, 0.5) is 0 Å². The predicted octanol–water partition coefficient (Wildman–Crippen LogP) is 2.69. The van der Waals surface area contributed by atoms with Crippen molar-refractivity contribution in [3.05, 3.63) is 94.5 Å². The van der Waals surface area contributed by atoms with Crippen LogP contribution in [0.2, 0.25) is 0 Å². The van der Waals surface area contributed by atoms with Crippen LogP contribution in [0, 0.1) is 16.7 Å². The molecule has 8 N–H and O–H groups in total. The minimum Gasteiger partial charge on any atom is -0.398 e. The van der Waals surface area contributed by atoms with Crippen molar-refractivity contribution in [2.24, 2.45) is 22.4 Å². The Kier molecular flexibility index (Phi) is 6.61. The summed E-state index contributed by atoms with van der Waals surface area (Å²) in [5.41, 5.74) is 17.3. The molecule has 158 valence electrons. The van der Waals surface area contributed by atoms with Crippen molar-refractivity contribution in [3.8, 4) is 0 Å². The fraction of sp³-hybridized carbons (Fsp3) is 0.130.